The molecule has 0 radical (unpaired) electrons. The van der Waals surface area contributed by atoms with Crippen molar-refractivity contribution in [2.45, 2.75) is 32.0 Å². The highest BCUT2D eigenvalue weighted by Gasteiger charge is 2.72. The molecule has 2 saturated heterocycles. The van der Waals surface area contributed by atoms with Crippen molar-refractivity contribution in [3.63, 3.8) is 0 Å². The molecular weight excluding hydrogens is 294 g/mol. The van der Waals surface area contributed by atoms with E-state index in [1.54, 1.807) is 12.2 Å². The number of benzene rings is 1. The number of carbonyl (C=O) groups is 2. The second-order valence-electron chi connectivity index (χ2n) is 6.99. The molecule has 2 bridgehead atoms. The molecule has 0 spiro atoms. The number of ether oxygens (including phenoxy) is 1. The van der Waals surface area contributed by atoms with Crippen molar-refractivity contribution in [3.05, 3.63) is 41.5 Å². The Kier molecular flexibility index (Phi) is 2.73. The molecule has 3 heterocycles. The van der Waals surface area contributed by atoms with Crippen LogP contribution in [-0.4, -0.2) is 34.7 Å². The van der Waals surface area contributed by atoms with Crippen molar-refractivity contribution < 1.29 is 19.4 Å². The van der Waals surface area contributed by atoms with Crippen LogP contribution in [0.15, 0.2) is 30.4 Å². The first-order valence-electron chi connectivity index (χ1n) is 7.79. The average molecular weight is 313 g/mol. The van der Waals surface area contributed by atoms with Crippen LogP contribution in [0.5, 0.6) is 0 Å². The Bertz CT molecular complexity index is 770. The molecule has 120 valence electrons. The summed E-state index contributed by atoms with van der Waals surface area (Å²) in [5, 5.41) is 9.80. The van der Waals surface area contributed by atoms with E-state index < -0.39 is 23.0 Å². The lowest BCUT2D eigenvalue weighted by molar-refractivity contribution is -0.131. The van der Waals surface area contributed by atoms with Crippen LogP contribution in [0.1, 0.15) is 18.1 Å². The Morgan fingerprint density at radius 3 is 2.52 bits per heavy atom. The van der Waals surface area contributed by atoms with Gasteiger partial charge in [0, 0.05) is 0 Å². The number of aryl methyl sites for hydroxylation is 2. The van der Waals surface area contributed by atoms with Gasteiger partial charge in [0.05, 0.1) is 29.7 Å². The van der Waals surface area contributed by atoms with E-state index in [0.29, 0.717) is 5.69 Å². The molecule has 23 heavy (non-hydrogen) atoms. The minimum Gasteiger partial charge on any atom is -0.393 e. The molecule has 2 amide bonds. The molecule has 1 N–H and O–H groups in total. The SMILES string of the molecule is Cc1ccc(N2C(=O)[C@@H]3[C@H](C2=O)[C@]2(C)C=C[C@]3(CO)O2)c(C)c1. The highest BCUT2D eigenvalue weighted by atomic mass is 16.5. The summed E-state index contributed by atoms with van der Waals surface area (Å²) in [4.78, 5) is 27.3. The van der Waals surface area contributed by atoms with Gasteiger partial charge in [-0.25, -0.2) is 4.90 Å². The van der Waals surface area contributed by atoms with Crippen molar-refractivity contribution in [2.75, 3.05) is 11.5 Å². The van der Waals surface area contributed by atoms with E-state index in [2.05, 4.69) is 0 Å². The molecule has 5 heteroatoms. The lowest BCUT2D eigenvalue weighted by Crippen LogP contribution is -2.43. The molecule has 1 aromatic rings. The maximum absolute atomic E-state index is 13.0. The number of amides is 2. The standard InChI is InChI=1S/C18H19NO4/c1-10-4-5-12(11(2)8-10)19-15(21)13-14(16(19)22)18(9-20)7-6-17(13,3)23-18/h4-8,13-14,20H,9H2,1-3H3/t13-,14+,17+,18-/m1/s1. The summed E-state index contributed by atoms with van der Waals surface area (Å²) in [6, 6.07) is 5.66. The molecular formula is C18H19NO4. The van der Waals surface area contributed by atoms with Gasteiger partial charge < -0.3 is 9.84 Å². The van der Waals surface area contributed by atoms with Crippen molar-refractivity contribution in [1.29, 1.82) is 0 Å². The fraction of sp³-hybridized carbons (Fsp3) is 0.444. The second kappa shape index (κ2) is 4.30. The number of aliphatic hydroxyl groups excluding tert-OH is 1. The van der Waals surface area contributed by atoms with Crippen LogP contribution in [0.2, 0.25) is 0 Å². The molecule has 2 fully saturated rings. The predicted molar refractivity (Wildman–Crippen MR) is 83.8 cm³/mol. The van der Waals surface area contributed by atoms with Gasteiger partial charge in [0.15, 0.2) is 0 Å². The summed E-state index contributed by atoms with van der Waals surface area (Å²) in [6.07, 6.45) is 3.55. The van der Waals surface area contributed by atoms with Crippen molar-refractivity contribution in [3.8, 4) is 0 Å². The van der Waals surface area contributed by atoms with E-state index in [-0.39, 0.29) is 18.4 Å². The number of carbonyl (C=O) groups excluding carboxylic acids is 2. The van der Waals surface area contributed by atoms with E-state index >= 15 is 0 Å². The normalized spacial score (nSPS) is 37.8. The van der Waals surface area contributed by atoms with Crippen LogP contribution >= 0.6 is 0 Å². The van der Waals surface area contributed by atoms with Crippen molar-refractivity contribution in [2.24, 2.45) is 11.8 Å². The third kappa shape index (κ3) is 1.64. The number of imide groups is 1. The number of hydrogen-bond acceptors (Lipinski definition) is 4. The Morgan fingerprint density at radius 1 is 1.17 bits per heavy atom. The predicted octanol–water partition coefficient (Wildman–Crippen LogP) is 1.50. The minimum atomic E-state index is -1.07. The molecule has 5 nitrogen and oxygen atoms in total. The lowest BCUT2D eigenvalue weighted by atomic mass is 9.73. The molecule has 0 aromatic heterocycles. The first kappa shape index (κ1) is 14.6. The maximum Gasteiger partial charge on any atom is 0.241 e. The zero-order valence-electron chi connectivity index (χ0n) is 13.4. The fourth-order valence-electron chi connectivity index (χ4n) is 4.33. The molecule has 3 aliphatic heterocycles. The number of fused-ring (bicyclic) bond motifs is 5. The van der Waals surface area contributed by atoms with E-state index in [1.807, 2.05) is 39.0 Å². The molecule has 0 aliphatic carbocycles. The lowest BCUT2D eigenvalue weighted by Gasteiger charge is -2.27. The van der Waals surface area contributed by atoms with Crippen molar-refractivity contribution >= 4 is 17.5 Å². The summed E-state index contributed by atoms with van der Waals surface area (Å²) in [5.41, 5.74) is 0.689. The van der Waals surface area contributed by atoms with Gasteiger partial charge in [-0.05, 0) is 32.4 Å². The fourth-order valence-corrected chi connectivity index (χ4v) is 4.33. The molecule has 1 aromatic carbocycles. The van der Waals surface area contributed by atoms with Crippen LogP contribution in [0.25, 0.3) is 0 Å². The molecule has 4 atom stereocenters. The van der Waals surface area contributed by atoms with Gasteiger partial charge in [0.2, 0.25) is 11.8 Å². The maximum atomic E-state index is 13.0. The molecule has 4 rings (SSSR count). The summed E-state index contributed by atoms with van der Waals surface area (Å²) >= 11 is 0. The molecule has 0 saturated carbocycles. The first-order valence-corrected chi connectivity index (χ1v) is 7.79. The van der Waals surface area contributed by atoms with E-state index in [4.69, 9.17) is 4.74 Å². The van der Waals surface area contributed by atoms with Gasteiger partial charge in [-0.2, -0.15) is 0 Å². The average Bonchev–Trinajstić information content (AvgIpc) is 3.07. The van der Waals surface area contributed by atoms with Gasteiger partial charge in [0.25, 0.3) is 0 Å². The van der Waals surface area contributed by atoms with Crippen LogP contribution in [0.3, 0.4) is 0 Å². The Morgan fingerprint density at radius 2 is 1.87 bits per heavy atom. The van der Waals surface area contributed by atoms with Crippen LogP contribution in [0, 0.1) is 25.7 Å². The van der Waals surface area contributed by atoms with E-state index in [0.717, 1.165) is 11.1 Å². The highest BCUT2D eigenvalue weighted by molar-refractivity contribution is 6.23. The number of nitrogens with zero attached hydrogens (tertiary/aromatic N) is 1. The second-order valence-corrected chi connectivity index (χ2v) is 6.99. The largest absolute Gasteiger partial charge is 0.393 e. The van der Waals surface area contributed by atoms with Crippen LogP contribution in [0.4, 0.5) is 5.69 Å². The van der Waals surface area contributed by atoms with Gasteiger partial charge in [-0.3, -0.25) is 9.59 Å². The summed E-state index contributed by atoms with van der Waals surface area (Å²) in [5.74, 6) is -1.76. The summed E-state index contributed by atoms with van der Waals surface area (Å²) < 4.78 is 5.91. The topological polar surface area (TPSA) is 66.8 Å². The number of hydrogen-bond donors (Lipinski definition) is 1. The third-order valence-corrected chi connectivity index (χ3v) is 5.40. The quantitative estimate of drug-likeness (QED) is 0.664. The Balaban J connectivity index is 1.83. The Hall–Kier alpha value is -1.98. The first-order chi connectivity index (χ1) is 10.8. The number of anilines is 1. The zero-order chi connectivity index (χ0) is 16.6. The summed E-state index contributed by atoms with van der Waals surface area (Å²) in [6.45, 7) is 5.37. The number of rotatable bonds is 2. The molecule has 0 unspecified atom stereocenters. The van der Waals surface area contributed by atoms with Gasteiger partial charge >= 0.3 is 0 Å². The molecule has 3 aliphatic rings. The van der Waals surface area contributed by atoms with E-state index in [9.17, 15) is 14.7 Å². The monoisotopic (exact) mass is 313 g/mol. The van der Waals surface area contributed by atoms with Crippen molar-refractivity contribution in [1.82, 2.24) is 0 Å². The van der Waals surface area contributed by atoms with Crippen LogP contribution < -0.4 is 4.90 Å². The van der Waals surface area contributed by atoms with Gasteiger partial charge in [0.1, 0.15) is 5.60 Å². The summed E-state index contributed by atoms with van der Waals surface area (Å²) in [7, 11) is 0. The van der Waals surface area contributed by atoms with E-state index in [1.165, 1.54) is 4.90 Å². The minimum absolute atomic E-state index is 0.242. The third-order valence-electron chi connectivity index (χ3n) is 5.40. The van der Waals surface area contributed by atoms with Crippen LogP contribution in [-0.2, 0) is 14.3 Å². The van der Waals surface area contributed by atoms with Gasteiger partial charge in [-0.15, -0.1) is 0 Å². The zero-order valence-corrected chi connectivity index (χ0v) is 13.4. The van der Waals surface area contributed by atoms with Gasteiger partial charge in [-0.1, -0.05) is 29.8 Å². The highest BCUT2D eigenvalue weighted by Crippen LogP contribution is 2.57. The smallest absolute Gasteiger partial charge is 0.241 e. The number of aliphatic hydroxyl groups is 1. The Labute approximate surface area is 134 Å².